The van der Waals surface area contributed by atoms with Gasteiger partial charge in [-0.25, -0.2) is 28.3 Å². The highest BCUT2D eigenvalue weighted by atomic mass is 19.1. The molecule has 0 spiro atoms. The molecule has 16 heteroatoms. The van der Waals surface area contributed by atoms with E-state index in [1.165, 1.54) is 35.8 Å². The number of hydrogen-bond donors (Lipinski definition) is 4. The van der Waals surface area contributed by atoms with Crippen LogP contribution in [0.4, 0.5) is 20.7 Å². The van der Waals surface area contributed by atoms with Crippen molar-refractivity contribution in [1.29, 1.82) is 5.26 Å². The predicted molar refractivity (Wildman–Crippen MR) is 156 cm³/mol. The van der Waals surface area contributed by atoms with Crippen molar-refractivity contribution in [3.05, 3.63) is 68.7 Å². The van der Waals surface area contributed by atoms with E-state index in [0.717, 1.165) is 23.5 Å². The fraction of sp³-hybridized carbons (Fsp3) is 0.345. The van der Waals surface area contributed by atoms with Crippen LogP contribution >= 0.6 is 0 Å². The average Bonchev–Trinajstić information content (AvgIpc) is 3.63. The molecule has 45 heavy (non-hydrogen) atoms. The molecule has 0 bridgehead atoms. The van der Waals surface area contributed by atoms with Gasteiger partial charge in [-0.2, -0.15) is 14.9 Å². The fourth-order valence-corrected chi connectivity index (χ4v) is 4.09. The zero-order valence-corrected chi connectivity index (χ0v) is 24.8. The number of fused-ring (bicyclic) bond motifs is 1. The van der Waals surface area contributed by atoms with Gasteiger partial charge in [0, 0.05) is 11.3 Å². The summed E-state index contributed by atoms with van der Waals surface area (Å²) in [5.41, 5.74) is -0.559. The third kappa shape index (κ3) is 7.26. The lowest BCUT2D eigenvalue weighted by atomic mass is 10.2. The Hall–Kier alpha value is -5.72. The highest BCUT2D eigenvalue weighted by Gasteiger charge is 2.23. The summed E-state index contributed by atoms with van der Waals surface area (Å²) in [6, 6.07) is 6.52. The summed E-state index contributed by atoms with van der Waals surface area (Å²) in [6.45, 7) is 5.75. The van der Waals surface area contributed by atoms with E-state index in [-0.39, 0.29) is 34.5 Å². The van der Waals surface area contributed by atoms with Crippen molar-refractivity contribution < 1.29 is 28.6 Å². The molecule has 1 aromatic carbocycles. The number of imidazole rings is 1. The van der Waals surface area contributed by atoms with Crippen molar-refractivity contribution in [3.63, 3.8) is 0 Å². The number of nitrogens with one attached hydrogen (secondary N) is 3. The minimum Gasteiger partial charge on any atom is -0.493 e. The average molecular weight is 620 g/mol. The van der Waals surface area contributed by atoms with Crippen LogP contribution in [0.3, 0.4) is 0 Å². The topological polar surface area (TPSA) is 201 Å². The lowest BCUT2D eigenvalue weighted by Gasteiger charge is -2.21. The maximum Gasteiger partial charge on any atom is 0.408 e. The maximum absolute atomic E-state index is 14.6. The summed E-state index contributed by atoms with van der Waals surface area (Å²) in [6.07, 6.45) is 3.89. The molecule has 1 fully saturated rings. The van der Waals surface area contributed by atoms with Crippen molar-refractivity contribution in [3.8, 4) is 11.9 Å². The molecule has 15 nitrogen and oxygen atoms in total. The molecule has 4 N–H and O–H groups in total. The molecule has 234 valence electrons. The monoisotopic (exact) mass is 619 g/mol. The number of H-pyrrole nitrogens is 1. The van der Waals surface area contributed by atoms with E-state index in [0.29, 0.717) is 10.7 Å². The Bertz CT molecular complexity index is 2010. The zero-order valence-electron chi connectivity index (χ0n) is 24.8. The van der Waals surface area contributed by atoms with Gasteiger partial charge in [-0.15, -0.1) is 0 Å². The molecular formula is C29H30FN9O6. The van der Waals surface area contributed by atoms with Crippen LogP contribution in [0.15, 0.2) is 40.2 Å². The summed E-state index contributed by atoms with van der Waals surface area (Å²) in [5.74, 6) is -1.79. The number of alkyl carbamates (subject to hydrolysis) is 1. The first kappa shape index (κ1) is 30.7. The van der Waals surface area contributed by atoms with Crippen LogP contribution < -0.4 is 27.0 Å². The number of rotatable bonds is 8. The zero-order chi connectivity index (χ0) is 32.5. The van der Waals surface area contributed by atoms with E-state index in [2.05, 4.69) is 30.7 Å². The Labute approximate surface area is 254 Å². The summed E-state index contributed by atoms with van der Waals surface area (Å²) in [4.78, 5) is 48.7. The van der Waals surface area contributed by atoms with E-state index in [1.54, 1.807) is 26.8 Å². The number of aromatic amines is 1. The Morgan fingerprint density at radius 3 is 2.76 bits per heavy atom. The van der Waals surface area contributed by atoms with Crippen LogP contribution in [0, 0.1) is 17.1 Å². The van der Waals surface area contributed by atoms with Crippen molar-refractivity contribution >= 4 is 35.3 Å². The number of anilines is 2. The first-order valence-electron chi connectivity index (χ1n) is 13.9. The van der Waals surface area contributed by atoms with Gasteiger partial charge in [-0.3, -0.25) is 4.99 Å². The highest BCUT2D eigenvalue weighted by molar-refractivity contribution is 5.81. The van der Waals surface area contributed by atoms with Crippen LogP contribution in [-0.4, -0.2) is 59.0 Å². The van der Waals surface area contributed by atoms with Gasteiger partial charge in [0.25, 0.3) is 0 Å². The molecule has 5 rings (SSSR count). The van der Waals surface area contributed by atoms with Crippen LogP contribution in [0.2, 0.25) is 0 Å². The van der Waals surface area contributed by atoms with Crippen molar-refractivity contribution in [2.24, 2.45) is 4.99 Å². The van der Waals surface area contributed by atoms with Crippen molar-refractivity contribution in [2.75, 3.05) is 5.32 Å². The molecule has 3 aromatic heterocycles. The van der Waals surface area contributed by atoms with Crippen molar-refractivity contribution in [1.82, 2.24) is 29.5 Å². The number of amides is 1. The summed E-state index contributed by atoms with van der Waals surface area (Å²) < 4.78 is 27.1. The molecule has 1 unspecified atom stereocenters. The predicted octanol–water partition coefficient (Wildman–Crippen LogP) is 1.70. The molecule has 4 aromatic rings. The molecule has 1 aliphatic carbocycles. The Morgan fingerprint density at radius 2 is 2.09 bits per heavy atom. The molecule has 0 saturated heterocycles. The quantitative estimate of drug-likeness (QED) is 0.210. The molecule has 0 radical (unpaired) electrons. The number of aromatic nitrogens is 5. The number of nitrogens with zero attached hydrogens (tertiary/aromatic N) is 6. The largest absolute Gasteiger partial charge is 0.493 e. The smallest absolute Gasteiger partial charge is 0.408 e. The normalized spacial score (nSPS) is 14.7. The van der Waals surface area contributed by atoms with Crippen LogP contribution in [-0.2, 0) is 21.0 Å². The van der Waals surface area contributed by atoms with Crippen LogP contribution in [0.1, 0.15) is 51.8 Å². The van der Waals surface area contributed by atoms with Crippen LogP contribution in [0.5, 0.6) is 5.88 Å². The van der Waals surface area contributed by atoms with Gasteiger partial charge >= 0.3 is 17.8 Å². The number of benzene rings is 1. The molecule has 1 aliphatic rings. The highest BCUT2D eigenvalue weighted by Crippen LogP contribution is 2.23. The number of halogens is 1. The van der Waals surface area contributed by atoms with Gasteiger partial charge in [0.2, 0.25) is 5.88 Å². The Balaban J connectivity index is 1.41. The lowest BCUT2D eigenvalue weighted by Crippen LogP contribution is -2.42. The first-order chi connectivity index (χ1) is 21.3. The minimum absolute atomic E-state index is 0.0233. The van der Waals surface area contributed by atoms with E-state index >= 15 is 0 Å². The SMILES string of the molecule is CC(NC(=O)OC(C)(C)C)C(=O)OCn1c(O)c(C=c2cnn3c(=NC4CC4)cc(Nc4ccc(C#N)cc4F)nc23)[nH]c1=O. The van der Waals surface area contributed by atoms with E-state index in [1.807, 2.05) is 6.07 Å². The number of carbonyl (C=O) groups is 2. The molecule has 1 atom stereocenters. The minimum atomic E-state index is -1.09. The van der Waals surface area contributed by atoms with E-state index in [4.69, 9.17) is 14.7 Å². The van der Waals surface area contributed by atoms with Gasteiger partial charge < -0.3 is 30.2 Å². The second-order valence-corrected chi connectivity index (χ2v) is 11.3. The third-order valence-corrected chi connectivity index (χ3v) is 6.41. The number of esters is 1. The first-order valence-corrected chi connectivity index (χ1v) is 13.9. The van der Waals surface area contributed by atoms with Gasteiger partial charge in [-0.1, -0.05) is 0 Å². The summed E-state index contributed by atoms with van der Waals surface area (Å²) in [5, 5.41) is 29.8. The van der Waals surface area contributed by atoms with Crippen LogP contribution in [0.25, 0.3) is 11.7 Å². The number of nitriles is 1. The van der Waals surface area contributed by atoms with E-state index in [9.17, 15) is 23.9 Å². The molecular weight excluding hydrogens is 589 g/mol. The summed E-state index contributed by atoms with van der Waals surface area (Å²) >= 11 is 0. The Morgan fingerprint density at radius 1 is 1.33 bits per heavy atom. The number of carbonyl (C=O) groups excluding carboxylic acids is 2. The third-order valence-electron chi connectivity index (χ3n) is 6.41. The maximum atomic E-state index is 14.6. The Kier molecular flexibility index (Phi) is 8.27. The van der Waals surface area contributed by atoms with Gasteiger partial charge in [0.15, 0.2) is 17.9 Å². The standard InChI is InChI=1S/C29H30FN9O6/c1-15(33-28(43)45-29(2,3)4)26(41)44-14-38-25(40)21(36-27(38)42)10-17-13-32-39-23(34-18-6-7-18)11-22(37-24(17)39)35-20-8-5-16(12-31)9-19(20)30/h5,8-11,13,15,18,35,40H,6-7,14H2,1-4H3,(H,33,43)(H,36,42). The van der Waals surface area contributed by atoms with Crippen molar-refractivity contribution in [2.45, 2.75) is 65.0 Å². The number of hydrogen-bond acceptors (Lipinski definition) is 11. The fourth-order valence-electron chi connectivity index (χ4n) is 4.09. The summed E-state index contributed by atoms with van der Waals surface area (Å²) in [7, 11) is 0. The van der Waals surface area contributed by atoms with Gasteiger partial charge in [-0.05, 0) is 64.8 Å². The van der Waals surface area contributed by atoms with Gasteiger partial charge in [0.1, 0.15) is 29.0 Å². The second-order valence-electron chi connectivity index (χ2n) is 11.3. The lowest BCUT2D eigenvalue weighted by molar-refractivity contribution is -0.149. The second kappa shape index (κ2) is 12.1. The molecule has 3 heterocycles. The number of aromatic hydroxyl groups is 1. The molecule has 0 aliphatic heterocycles. The van der Waals surface area contributed by atoms with E-state index < -0.39 is 47.8 Å². The van der Waals surface area contributed by atoms with Gasteiger partial charge in [0.05, 0.1) is 29.6 Å². The molecule has 1 saturated carbocycles. The number of ether oxygens (including phenoxy) is 2. The molecule has 1 amide bonds.